The molecule has 1 heterocycles. The lowest BCUT2D eigenvalue weighted by atomic mass is 9.87. The molecule has 0 aromatic heterocycles. The van der Waals surface area contributed by atoms with Gasteiger partial charge in [-0.3, -0.25) is 4.79 Å². The van der Waals surface area contributed by atoms with E-state index in [9.17, 15) is 4.79 Å². The van der Waals surface area contributed by atoms with Crippen LogP contribution < -0.4 is 4.74 Å². The van der Waals surface area contributed by atoms with Crippen LogP contribution in [-0.4, -0.2) is 24.5 Å². The average molecular weight is 304 g/mol. The minimum Gasteiger partial charge on any atom is -0.461 e. The average Bonchev–Trinajstić information content (AvgIpc) is 2.41. The van der Waals surface area contributed by atoms with E-state index in [2.05, 4.69) is 32.9 Å². The Bertz CT molecular complexity index is 539. The van der Waals surface area contributed by atoms with Crippen LogP contribution >= 0.6 is 0 Å². The Morgan fingerprint density at radius 2 is 1.77 bits per heavy atom. The summed E-state index contributed by atoms with van der Waals surface area (Å²) in [5.41, 5.74) is 1.37. The number of ether oxygens (including phenoxy) is 3. The molecule has 0 amide bonds. The number of carbonyl (C=O) groups is 1. The van der Waals surface area contributed by atoms with Gasteiger partial charge in [0.25, 0.3) is 0 Å². The lowest BCUT2D eigenvalue weighted by molar-refractivity contribution is -0.163. The van der Waals surface area contributed by atoms with Crippen molar-refractivity contribution in [2.24, 2.45) is 0 Å². The van der Waals surface area contributed by atoms with Crippen molar-refractivity contribution in [3.63, 3.8) is 0 Å². The summed E-state index contributed by atoms with van der Waals surface area (Å²) in [6, 6.07) is 8.02. The minimum atomic E-state index is -0.470. The third-order valence-electron chi connectivity index (χ3n) is 3.54. The maximum Gasteiger partial charge on any atom is 0.303 e. The van der Waals surface area contributed by atoms with E-state index >= 15 is 0 Å². The highest BCUT2D eigenvalue weighted by atomic mass is 16.7. The van der Waals surface area contributed by atoms with Gasteiger partial charge in [-0.25, -0.2) is 0 Å². The molecule has 0 unspecified atom stereocenters. The molecule has 0 spiro atoms. The van der Waals surface area contributed by atoms with Gasteiger partial charge in [-0.1, -0.05) is 32.9 Å². The zero-order valence-electron chi connectivity index (χ0n) is 13.8. The molecule has 0 saturated carbocycles. The van der Waals surface area contributed by atoms with Gasteiger partial charge in [0.15, 0.2) is 0 Å². The standard InChI is InChI=1S/C18H24O4/c1-12-16(21-13(2)19)10-11-17(20-12)22-15-8-6-14(7-9-15)18(3,4)5/h6-12,16-17H,1-5H3/t12-,16+,17+/m0/s1. The maximum absolute atomic E-state index is 11.0. The number of benzene rings is 1. The number of rotatable bonds is 3. The maximum atomic E-state index is 11.0. The monoisotopic (exact) mass is 304 g/mol. The van der Waals surface area contributed by atoms with Gasteiger partial charge in [-0.05, 0) is 42.2 Å². The normalized spacial score (nSPS) is 24.9. The lowest BCUT2D eigenvalue weighted by Crippen LogP contribution is -2.37. The number of hydrogen-bond acceptors (Lipinski definition) is 4. The van der Waals surface area contributed by atoms with Crippen LogP contribution in [0, 0.1) is 0 Å². The van der Waals surface area contributed by atoms with Crippen LogP contribution in [0.25, 0.3) is 0 Å². The molecule has 0 bridgehead atoms. The number of carbonyl (C=O) groups excluding carboxylic acids is 1. The first-order valence-corrected chi connectivity index (χ1v) is 7.54. The predicted molar refractivity (Wildman–Crippen MR) is 84.8 cm³/mol. The minimum absolute atomic E-state index is 0.117. The van der Waals surface area contributed by atoms with Crippen molar-refractivity contribution in [3.8, 4) is 5.75 Å². The van der Waals surface area contributed by atoms with Gasteiger partial charge in [0.1, 0.15) is 11.9 Å². The zero-order chi connectivity index (χ0) is 16.3. The van der Waals surface area contributed by atoms with Crippen LogP contribution in [0.15, 0.2) is 36.4 Å². The van der Waals surface area contributed by atoms with Crippen molar-refractivity contribution in [1.29, 1.82) is 0 Å². The van der Waals surface area contributed by atoms with Crippen molar-refractivity contribution in [2.75, 3.05) is 0 Å². The van der Waals surface area contributed by atoms with E-state index in [1.165, 1.54) is 12.5 Å². The van der Waals surface area contributed by atoms with Crippen LogP contribution in [-0.2, 0) is 19.7 Å². The highest BCUT2D eigenvalue weighted by Crippen LogP contribution is 2.25. The van der Waals surface area contributed by atoms with E-state index in [1.807, 2.05) is 25.1 Å². The quantitative estimate of drug-likeness (QED) is 0.632. The van der Waals surface area contributed by atoms with Crippen molar-refractivity contribution in [2.45, 2.75) is 58.5 Å². The Balaban J connectivity index is 1.99. The topological polar surface area (TPSA) is 44.8 Å². The Morgan fingerprint density at radius 3 is 2.27 bits per heavy atom. The zero-order valence-corrected chi connectivity index (χ0v) is 13.8. The van der Waals surface area contributed by atoms with E-state index in [0.29, 0.717) is 0 Å². The molecule has 0 saturated heterocycles. The highest BCUT2D eigenvalue weighted by molar-refractivity contribution is 5.66. The largest absolute Gasteiger partial charge is 0.461 e. The molecule has 4 nitrogen and oxygen atoms in total. The van der Waals surface area contributed by atoms with Gasteiger partial charge in [0.05, 0.1) is 6.10 Å². The Kier molecular flexibility index (Phi) is 4.91. The molecule has 1 aliphatic rings. The van der Waals surface area contributed by atoms with Crippen molar-refractivity contribution in [1.82, 2.24) is 0 Å². The fraction of sp³-hybridized carbons (Fsp3) is 0.500. The summed E-state index contributed by atoms with van der Waals surface area (Å²) in [5, 5.41) is 0. The Hall–Kier alpha value is -1.81. The predicted octanol–water partition coefficient (Wildman–Crippen LogP) is 3.60. The molecule has 1 aromatic rings. The van der Waals surface area contributed by atoms with Gasteiger partial charge in [-0.2, -0.15) is 0 Å². The smallest absolute Gasteiger partial charge is 0.303 e. The van der Waals surface area contributed by atoms with Crippen LogP contribution in [0.4, 0.5) is 0 Å². The summed E-state index contributed by atoms with van der Waals surface area (Å²) < 4.78 is 16.7. The summed E-state index contributed by atoms with van der Waals surface area (Å²) in [6.07, 6.45) is 2.50. The summed E-state index contributed by atoms with van der Waals surface area (Å²) in [4.78, 5) is 11.0. The van der Waals surface area contributed by atoms with Crippen molar-refractivity contribution < 1.29 is 19.0 Å². The molecule has 1 aromatic carbocycles. The SMILES string of the molecule is CC(=O)O[C@@H]1C=C[C@@H](Oc2ccc(C(C)(C)C)cc2)O[C@H]1C. The summed E-state index contributed by atoms with van der Waals surface area (Å²) in [6.45, 7) is 9.77. The van der Waals surface area contributed by atoms with Gasteiger partial charge in [0.2, 0.25) is 6.29 Å². The second-order valence-corrected chi connectivity index (χ2v) is 6.56. The Labute approximate surface area is 132 Å². The second kappa shape index (κ2) is 6.53. The summed E-state index contributed by atoms with van der Waals surface area (Å²) in [7, 11) is 0. The number of esters is 1. The molecule has 1 aliphatic heterocycles. The third kappa shape index (κ3) is 4.34. The van der Waals surface area contributed by atoms with Crippen LogP contribution in [0.1, 0.15) is 40.2 Å². The molecule has 120 valence electrons. The fourth-order valence-corrected chi connectivity index (χ4v) is 2.25. The van der Waals surface area contributed by atoms with Crippen molar-refractivity contribution >= 4 is 5.97 Å². The summed E-state index contributed by atoms with van der Waals surface area (Å²) >= 11 is 0. The first-order valence-electron chi connectivity index (χ1n) is 7.54. The number of hydrogen-bond donors (Lipinski definition) is 0. The second-order valence-electron chi connectivity index (χ2n) is 6.56. The summed E-state index contributed by atoms with van der Waals surface area (Å²) in [5.74, 6) is 0.433. The molecule has 2 rings (SSSR count). The Morgan fingerprint density at radius 1 is 1.14 bits per heavy atom. The van der Waals surface area contributed by atoms with E-state index in [0.717, 1.165) is 5.75 Å². The van der Waals surface area contributed by atoms with E-state index in [-0.39, 0.29) is 23.6 Å². The molecule has 22 heavy (non-hydrogen) atoms. The van der Waals surface area contributed by atoms with Crippen LogP contribution in [0.3, 0.4) is 0 Å². The van der Waals surface area contributed by atoms with Gasteiger partial charge in [0, 0.05) is 6.92 Å². The van der Waals surface area contributed by atoms with Gasteiger partial charge >= 0.3 is 5.97 Å². The van der Waals surface area contributed by atoms with Crippen LogP contribution in [0.2, 0.25) is 0 Å². The molecule has 0 N–H and O–H groups in total. The van der Waals surface area contributed by atoms with Crippen molar-refractivity contribution in [3.05, 3.63) is 42.0 Å². The van der Waals surface area contributed by atoms with Gasteiger partial charge in [-0.15, -0.1) is 0 Å². The molecule has 0 aliphatic carbocycles. The lowest BCUT2D eigenvalue weighted by Gasteiger charge is -2.29. The fourth-order valence-electron chi connectivity index (χ4n) is 2.25. The highest BCUT2D eigenvalue weighted by Gasteiger charge is 2.26. The first-order chi connectivity index (χ1) is 10.3. The molecule has 4 heteroatoms. The molecule has 3 atom stereocenters. The molecule has 0 fully saturated rings. The van der Waals surface area contributed by atoms with Crippen LogP contribution in [0.5, 0.6) is 5.75 Å². The van der Waals surface area contributed by atoms with Gasteiger partial charge < -0.3 is 14.2 Å². The van der Waals surface area contributed by atoms with E-state index < -0.39 is 6.29 Å². The molecule has 0 radical (unpaired) electrons. The molecular weight excluding hydrogens is 280 g/mol. The van der Waals surface area contributed by atoms with E-state index in [4.69, 9.17) is 14.2 Å². The third-order valence-corrected chi connectivity index (χ3v) is 3.54. The first kappa shape index (κ1) is 16.6. The van der Waals surface area contributed by atoms with E-state index in [1.54, 1.807) is 6.08 Å². The molecular formula is C18H24O4.